The Labute approximate surface area is 172 Å². The topological polar surface area (TPSA) is 42.6 Å². The summed E-state index contributed by atoms with van der Waals surface area (Å²) in [5.74, 6) is 0.361. The molecule has 0 aliphatic rings. The predicted molar refractivity (Wildman–Crippen MR) is 118 cm³/mol. The zero-order valence-corrected chi connectivity index (χ0v) is 18.0. The third-order valence-corrected chi connectivity index (χ3v) is 5.61. The van der Waals surface area contributed by atoms with Crippen LogP contribution in [0.5, 0.6) is 0 Å². The van der Waals surface area contributed by atoms with E-state index in [9.17, 15) is 0 Å². The van der Waals surface area contributed by atoms with Gasteiger partial charge in [0.25, 0.3) is 6.33 Å². The van der Waals surface area contributed by atoms with E-state index in [1.54, 1.807) is 0 Å². The molecule has 146 valence electrons. The van der Waals surface area contributed by atoms with Gasteiger partial charge in [-0.1, -0.05) is 31.5 Å². The molecule has 2 aromatic carbocycles. The van der Waals surface area contributed by atoms with Crippen LogP contribution in [0, 0.1) is 20.8 Å². The maximum atomic E-state index is 4.77. The highest BCUT2D eigenvalue weighted by molar-refractivity contribution is 5.99. The molecule has 0 aliphatic heterocycles. The number of rotatable bonds is 3. The Morgan fingerprint density at radius 2 is 1.69 bits per heavy atom. The molecule has 0 aliphatic carbocycles. The maximum Gasteiger partial charge on any atom is 0.287 e. The van der Waals surface area contributed by atoms with E-state index in [2.05, 4.69) is 86.5 Å². The minimum absolute atomic E-state index is 0.361. The maximum absolute atomic E-state index is 4.77. The van der Waals surface area contributed by atoms with E-state index in [0.29, 0.717) is 5.92 Å². The Morgan fingerprint density at radius 1 is 0.897 bits per heavy atom. The van der Waals surface area contributed by atoms with Crippen LogP contribution in [0.3, 0.4) is 0 Å². The molecular weight excluding hydrogens is 356 g/mol. The molecule has 29 heavy (non-hydrogen) atoms. The number of aromatic nitrogens is 4. The standard InChI is InChI=1S/C25H27N4/c1-15(2)22-12-27-23(13-26-22)19-8-7-9-20-24(19)28-14-29(6)25(20)21-11-16(3)10-17(4)18(21)5/h7-15H,1-6H3/q+1. The lowest BCUT2D eigenvalue weighted by atomic mass is 9.94. The van der Waals surface area contributed by atoms with E-state index >= 15 is 0 Å². The van der Waals surface area contributed by atoms with Crippen LogP contribution in [0.4, 0.5) is 0 Å². The van der Waals surface area contributed by atoms with Gasteiger partial charge in [0.2, 0.25) is 0 Å². The lowest BCUT2D eigenvalue weighted by Gasteiger charge is -2.13. The van der Waals surface area contributed by atoms with Crippen molar-refractivity contribution in [3.8, 4) is 22.5 Å². The number of hydrogen-bond donors (Lipinski definition) is 0. The molecule has 0 atom stereocenters. The summed E-state index contributed by atoms with van der Waals surface area (Å²) in [5, 5.41) is 1.12. The molecule has 2 heterocycles. The van der Waals surface area contributed by atoms with Gasteiger partial charge in [0.05, 0.1) is 35.6 Å². The summed E-state index contributed by atoms with van der Waals surface area (Å²) in [6, 6.07) is 10.8. The minimum Gasteiger partial charge on any atom is -0.257 e. The fraction of sp³-hybridized carbons (Fsp3) is 0.280. The van der Waals surface area contributed by atoms with Gasteiger partial charge in [0.1, 0.15) is 5.69 Å². The first-order valence-corrected chi connectivity index (χ1v) is 10.0. The number of aryl methyl sites for hydroxylation is 3. The first-order chi connectivity index (χ1) is 13.9. The number of fused-ring (bicyclic) bond motifs is 1. The normalized spacial score (nSPS) is 11.4. The highest BCUT2D eigenvalue weighted by Crippen LogP contribution is 2.33. The number of benzene rings is 2. The third-order valence-electron chi connectivity index (χ3n) is 5.61. The van der Waals surface area contributed by atoms with Crippen LogP contribution in [0.1, 0.15) is 42.1 Å². The first kappa shape index (κ1) is 19.2. The Kier molecular flexibility index (Phi) is 4.87. The average Bonchev–Trinajstić information content (AvgIpc) is 2.70. The van der Waals surface area contributed by atoms with Crippen LogP contribution >= 0.6 is 0 Å². The Hall–Kier alpha value is -3.14. The molecule has 2 aromatic heterocycles. The first-order valence-electron chi connectivity index (χ1n) is 10.0. The van der Waals surface area contributed by atoms with Gasteiger partial charge in [-0.25, -0.2) is 4.57 Å². The molecule has 4 heteroatoms. The largest absolute Gasteiger partial charge is 0.287 e. The summed E-state index contributed by atoms with van der Waals surface area (Å²) in [4.78, 5) is 14.1. The second-order valence-corrected chi connectivity index (χ2v) is 8.14. The lowest BCUT2D eigenvalue weighted by molar-refractivity contribution is -0.662. The molecule has 0 unspecified atom stereocenters. The van der Waals surface area contributed by atoms with Gasteiger partial charge in [-0.3, -0.25) is 9.97 Å². The van der Waals surface area contributed by atoms with Crippen LogP contribution in [-0.2, 0) is 7.05 Å². The molecule has 4 rings (SSSR count). The highest BCUT2D eigenvalue weighted by atomic mass is 15.0. The summed E-state index contributed by atoms with van der Waals surface area (Å²) >= 11 is 0. The van der Waals surface area contributed by atoms with E-state index in [1.165, 1.54) is 27.9 Å². The van der Waals surface area contributed by atoms with Gasteiger partial charge in [-0.05, 0) is 61.0 Å². The number of nitrogens with zero attached hydrogens (tertiary/aromatic N) is 4. The lowest BCUT2D eigenvalue weighted by Crippen LogP contribution is -2.32. The van der Waals surface area contributed by atoms with Gasteiger partial charge >= 0.3 is 0 Å². The van der Waals surface area contributed by atoms with Crippen molar-refractivity contribution in [3.63, 3.8) is 0 Å². The molecule has 0 saturated carbocycles. The summed E-state index contributed by atoms with van der Waals surface area (Å²) in [5.41, 5.74) is 10.1. The number of para-hydroxylation sites is 1. The van der Waals surface area contributed by atoms with E-state index in [0.717, 1.165) is 27.9 Å². The Balaban J connectivity index is 1.98. The fourth-order valence-corrected chi connectivity index (χ4v) is 3.87. The fourth-order valence-electron chi connectivity index (χ4n) is 3.87. The molecule has 0 fully saturated rings. The van der Waals surface area contributed by atoms with Crippen LogP contribution in [0.15, 0.2) is 49.1 Å². The third kappa shape index (κ3) is 3.39. The van der Waals surface area contributed by atoms with Gasteiger partial charge in [0.15, 0.2) is 5.52 Å². The zero-order valence-electron chi connectivity index (χ0n) is 18.0. The second kappa shape index (κ2) is 7.36. The van der Waals surface area contributed by atoms with Gasteiger partial charge in [-0.2, -0.15) is 0 Å². The van der Waals surface area contributed by atoms with Crippen LogP contribution in [0.2, 0.25) is 0 Å². The SMILES string of the molecule is Cc1cc(C)c(C)c(-c2c3cccc(-c4cnc(C(C)C)cn4)c3nc[n+]2C)c1. The zero-order chi connectivity index (χ0) is 20.7. The van der Waals surface area contributed by atoms with Gasteiger partial charge in [-0.15, -0.1) is 0 Å². The Morgan fingerprint density at radius 3 is 2.38 bits per heavy atom. The van der Waals surface area contributed by atoms with E-state index < -0.39 is 0 Å². The van der Waals surface area contributed by atoms with E-state index in [-0.39, 0.29) is 0 Å². The molecule has 0 saturated heterocycles. The quantitative estimate of drug-likeness (QED) is 0.455. The number of hydrogen-bond acceptors (Lipinski definition) is 3. The molecular formula is C25H27N4+. The summed E-state index contributed by atoms with van der Waals surface area (Å²) in [6.07, 6.45) is 5.63. The van der Waals surface area contributed by atoms with Crippen molar-refractivity contribution in [2.45, 2.75) is 40.5 Å². The van der Waals surface area contributed by atoms with Crippen LogP contribution in [-0.4, -0.2) is 15.0 Å². The molecule has 0 amide bonds. The molecule has 0 spiro atoms. The van der Waals surface area contributed by atoms with Crippen LogP contribution in [0.25, 0.3) is 33.4 Å². The molecule has 0 bridgehead atoms. The molecule has 0 radical (unpaired) electrons. The van der Waals surface area contributed by atoms with Gasteiger partial charge < -0.3 is 0 Å². The molecule has 4 aromatic rings. The van der Waals surface area contributed by atoms with Crippen molar-refractivity contribution in [1.82, 2.24) is 15.0 Å². The van der Waals surface area contributed by atoms with Crippen LogP contribution < -0.4 is 4.57 Å². The predicted octanol–water partition coefficient (Wildman–Crippen LogP) is 5.23. The summed E-state index contributed by atoms with van der Waals surface area (Å²) < 4.78 is 2.11. The smallest absolute Gasteiger partial charge is 0.257 e. The summed E-state index contributed by atoms with van der Waals surface area (Å²) in [7, 11) is 2.06. The van der Waals surface area contributed by atoms with E-state index in [4.69, 9.17) is 4.98 Å². The summed E-state index contributed by atoms with van der Waals surface area (Å²) in [6.45, 7) is 10.8. The van der Waals surface area contributed by atoms with Crippen molar-refractivity contribution >= 4 is 10.9 Å². The van der Waals surface area contributed by atoms with Crippen molar-refractivity contribution in [1.29, 1.82) is 0 Å². The van der Waals surface area contributed by atoms with E-state index in [1.807, 2.05) is 18.7 Å². The average molecular weight is 384 g/mol. The van der Waals surface area contributed by atoms with Crippen molar-refractivity contribution < 1.29 is 4.57 Å². The Bertz CT molecular complexity index is 1210. The van der Waals surface area contributed by atoms with Gasteiger partial charge in [0, 0.05) is 11.8 Å². The monoisotopic (exact) mass is 383 g/mol. The molecule has 0 N–H and O–H groups in total. The van der Waals surface area contributed by atoms with Crippen molar-refractivity contribution in [3.05, 3.63) is 71.4 Å². The van der Waals surface area contributed by atoms with Crippen molar-refractivity contribution in [2.75, 3.05) is 0 Å². The highest BCUT2D eigenvalue weighted by Gasteiger charge is 2.21. The van der Waals surface area contributed by atoms with Crippen molar-refractivity contribution in [2.24, 2.45) is 7.05 Å². The molecule has 4 nitrogen and oxygen atoms in total. The minimum atomic E-state index is 0.361. The second-order valence-electron chi connectivity index (χ2n) is 8.14.